The quantitative estimate of drug-likeness (QED) is 0.563. The second kappa shape index (κ2) is 10.7. The molecule has 0 fully saturated rings. The smallest absolute Gasteiger partial charge is 0.141 e. The Morgan fingerprint density at radius 1 is 1.29 bits per heavy atom. The molecule has 0 aromatic carbocycles. The highest BCUT2D eigenvalue weighted by Crippen LogP contribution is 2.32. The lowest BCUT2D eigenvalue weighted by molar-refractivity contribution is -0.131. The topological polar surface area (TPSA) is 77.2 Å². The average Bonchev–Trinajstić information content (AvgIpc) is 2.94. The van der Waals surface area contributed by atoms with Gasteiger partial charge in [-0.05, 0) is 22.7 Å². The van der Waals surface area contributed by atoms with Crippen molar-refractivity contribution in [1.29, 1.82) is 0 Å². The van der Waals surface area contributed by atoms with Gasteiger partial charge < -0.3 is 9.84 Å². The van der Waals surface area contributed by atoms with Crippen LogP contribution in [0.1, 0.15) is 60.1 Å². The molecular formula is C21H40N3O3S+. The molecule has 0 amide bonds. The average molecular weight is 415 g/mol. The minimum absolute atomic E-state index is 0.0494. The molecule has 0 saturated carbocycles. The summed E-state index contributed by atoms with van der Waals surface area (Å²) >= 11 is 0. The van der Waals surface area contributed by atoms with Crippen molar-refractivity contribution in [3.8, 4) is 0 Å². The molecule has 162 valence electrons. The van der Waals surface area contributed by atoms with E-state index >= 15 is 0 Å². The number of rotatable bonds is 11. The number of aromatic nitrogens is 3. The van der Waals surface area contributed by atoms with E-state index < -0.39 is 6.10 Å². The first-order chi connectivity index (χ1) is 12.8. The molecule has 1 aromatic heterocycles. The molecule has 0 radical (unpaired) electrons. The van der Waals surface area contributed by atoms with Crippen molar-refractivity contribution >= 4 is 16.7 Å². The highest BCUT2D eigenvalue weighted by Gasteiger charge is 2.33. The zero-order valence-electron chi connectivity index (χ0n) is 19.0. The fourth-order valence-corrected chi connectivity index (χ4v) is 4.85. The minimum atomic E-state index is -0.496. The maximum atomic E-state index is 12.9. The van der Waals surface area contributed by atoms with Gasteiger partial charge in [0.25, 0.3) is 0 Å². The van der Waals surface area contributed by atoms with Crippen LogP contribution in [-0.2, 0) is 34.1 Å². The maximum Gasteiger partial charge on any atom is 0.141 e. The van der Waals surface area contributed by atoms with E-state index in [4.69, 9.17) is 4.74 Å². The number of aliphatic hydroxyl groups excluding tert-OH is 1. The van der Waals surface area contributed by atoms with E-state index in [1.54, 1.807) is 10.9 Å². The Balaban J connectivity index is 2.43. The summed E-state index contributed by atoms with van der Waals surface area (Å²) in [5.41, 5.74) is 0.581. The van der Waals surface area contributed by atoms with Crippen molar-refractivity contribution < 1.29 is 14.6 Å². The molecule has 6 nitrogen and oxygen atoms in total. The molecule has 1 heterocycles. The van der Waals surface area contributed by atoms with Crippen LogP contribution in [-0.4, -0.2) is 56.4 Å². The van der Waals surface area contributed by atoms with Gasteiger partial charge in [0.1, 0.15) is 29.1 Å². The van der Waals surface area contributed by atoms with Gasteiger partial charge in [-0.25, -0.2) is 0 Å². The lowest BCUT2D eigenvalue weighted by Gasteiger charge is -2.29. The second-order valence-corrected chi connectivity index (χ2v) is 12.4. The Kier molecular flexibility index (Phi) is 9.64. The number of ether oxygens (including phenoxy) is 1. The summed E-state index contributed by atoms with van der Waals surface area (Å²) in [4.78, 5) is 12.9. The zero-order valence-corrected chi connectivity index (χ0v) is 19.8. The lowest BCUT2D eigenvalue weighted by Crippen LogP contribution is -2.33. The van der Waals surface area contributed by atoms with E-state index in [9.17, 15) is 9.90 Å². The van der Waals surface area contributed by atoms with E-state index in [1.165, 1.54) is 0 Å². The molecule has 0 aliphatic rings. The van der Waals surface area contributed by atoms with Crippen LogP contribution in [0.25, 0.3) is 0 Å². The van der Waals surface area contributed by atoms with Crippen LogP contribution in [0.4, 0.5) is 0 Å². The largest absolute Gasteiger partial charge is 0.386 e. The molecule has 7 heteroatoms. The molecular weight excluding hydrogens is 374 g/mol. The summed E-state index contributed by atoms with van der Waals surface area (Å²) < 4.78 is 7.18. The van der Waals surface area contributed by atoms with Gasteiger partial charge in [0.2, 0.25) is 0 Å². The molecule has 0 aliphatic heterocycles. The summed E-state index contributed by atoms with van der Waals surface area (Å²) in [6, 6.07) is 0. The van der Waals surface area contributed by atoms with Crippen molar-refractivity contribution in [2.24, 2.45) is 23.8 Å². The third kappa shape index (κ3) is 10.0. The molecule has 1 aromatic rings. The van der Waals surface area contributed by atoms with Gasteiger partial charge in [0.15, 0.2) is 0 Å². The van der Waals surface area contributed by atoms with Gasteiger partial charge in [0.05, 0.1) is 25.7 Å². The number of carbonyl (C=O) groups excluding carboxylic acids is 1. The van der Waals surface area contributed by atoms with Crippen molar-refractivity contribution in [2.75, 3.05) is 24.4 Å². The third-order valence-electron chi connectivity index (χ3n) is 4.47. The van der Waals surface area contributed by atoms with Crippen LogP contribution < -0.4 is 0 Å². The van der Waals surface area contributed by atoms with E-state index in [0.29, 0.717) is 24.7 Å². The molecule has 28 heavy (non-hydrogen) atoms. The number of hydrogen-bond acceptors (Lipinski definition) is 5. The first-order valence-electron chi connectivity index (χ1n) is 10.0. The van der Waals surface area contributed by atoms with Crippen molar-refractivity contribution in [2.45, 2.75) is 67.1 Å². The Labute approximate surface area is 173 Å². The van der Waals surface area contributed by atoms with Crippen LogP contribution >= 0.6 is 0 Å². The number of aliphatic hydroxyl groups is 1. The molecule has 1 N–H and O–H groups in total. The van der Waals surface area contributed by atoms with Crippen LogP contribution in [0.15, 0.2) is 6.20 Å². The number of ketones is 1. The molecule has 0 spiro atoms. The monoisotopic (exact) mass is 414 g/mol. The highest BCUT2D eigenvalue weighted by atomic mass is 32.2. The summed E-state index contributed by atoms with van der Waals surface area (Å²) in [6.07, 6.45) is 5.27. The highest BCUT2D eigenvalue weighted by molar-refractivity contribution is 7.96. The number of aryl methyl sites for hydroxylation is 1. The van der Waals surface area contributed by atoms with Crippen molar-refractivity contribution in [3.05, 3.63) is 11.9 Å². The van der Waals surface area contributed by atoms with Gasteiger partial charge in [-0.1, -0.05) is 46.8 Å². The predicted octanol–water partition coefficient (Wildman–Crippen LogP) is 3.00. The molecule has 0 bridgehead atoms. The predicted molar refractivity (Wildman–Crippen MR) is 116 cm³/mol. The number of carbonyl (C=O) groups is 1. The van der Waals surface area contributed by atoms with Gasteiger partial charge in [0, 0.05) is 24.8 Å². The van der Waals surface area contributed by atoms with Crippen LogP contribution in [0.5, 0.6) is 0 Å². The fraction of sp³-hybridized carbons (Fsp3) is 0.857. The fourth-order valence-electron chi connectivity index (χ4n) is 3.24. The van der Waals surface area contributed by atoms with Gasteiger partial charge in [-0.3, -0.25) is 9.48 Å². The Morgan fingerprint density at radius 2 is 1.93 bits per heavy atom. The lowest BCUT2D eigenvalue weighted by atomic mass is 9.75. The summed E-state index contributed by atoms with van der Waals surface area (Å²) in [5, 5.41) is 18.1. The Hall–Kier alpha value is -0.920. The summed E-state index contributed by atoms with van der Waals surface area (Å²) in [6.45, 7) is 13.3. The van der Waals surface area contributed by atoms with Crippen molar-refractivity contribution in [3.63, 3.8) is 0 Å². The maximum absolute atomic E-state index is 12.9. The molecule has 0 saturated heterocycles. The van der Waals surface area contributed by atoms with Crippen LogP contribution in [0, 0.1) is 16.7 Å². The number of Topliss-reactive ketones (excluding diaryl/α,β-unsaturated/α-hetero) is 1. The second-order valence-electron chi connectivity index (χ2n) is 10.1. The van der Waals surface area contributed by atoms with Gasteiger partial charge in [-0.2, -0.15) is 0 Å². The van der Waals surface area contributed by atoms with Gasteiger partial charge in [-0.15, -0.1) is 5.10 Å². The minimum Gasteiger partial charge on any atom is -0.386 e. The molecule has 3 atom stereocenters. The van der Waals surface area contributed by atoms with E-state index in [0.717, 1.165) is 24.3 Å². The molecule has 0 aliphatic carbocycles. The number of nitrogens with zero attached hydrogens (tertiary/aromatic N) is 3. The first kappa shape index (κ1) is 25.1. The summed E-state index contributed by atoms with van der Waals surface area (Å²) in [5.74, 6) is 2.10. The summed E-state index contributed by atoms with van der Waals surface area (Å²) in [7, 11) is 1.86. The SMILES string of the molecule is Cn1cc(COCC(O)C[S+](C)CC[C@H](CC(C)(C)C)C(=O)C(C)(C)C)nn1. The van der Waals surface area contributed by atoms with E-state index in [-0.39, 0.29) is 27.6 Å². The first-order valence-corrected chi connectivity index (χ1v) is 12.0. The third-order valence-corrected chi connectivity index (χ3v) is 6.36. The zero-order chi connectivity index (χ0) is 21.5. The Bertz CT molecular complexity index is 605. The Morgan fingerprint density at radius 3 is 2.43 bits per heavy atom. The number of hydrogen-bond donors (Lipinski definition) is 1. The van der Waals surface area contributed by atoms with Gasteiger partial charge >= 0.3 is 0 Å². The van der Waals surface area contributed by atoms with Crippen LogP contribution in [0.2, 0.25) is 0 Å². The standard InChI is InChI=1S/C21H40N3O3S/c1-20(2,3)11-16(19(26)21(4,5)6)9-10-28(8)15-18(25)14-27-13-17-12-24(7)23-22-17/h12,16,18,25H,9-11,13-15H2,1-8H3/q+1/t16-,18?,28?/m1/s1. The molecule has 2 unspecified atom stereocenters. The normalized spacial score (nSPS) is 16.0. The van der Waals surface area contributed by atoms with Crippen molar-refractivity contribution in [1.82, 2.24) is 15.0 Å². The van der Waals surface area contributed by atoms with E-state index in [1.807, 2.05) is 27.8 Å². The van der Waals surface area contributed by atoms with Crippen LogP contribution in [0.3, 0.4) is 0 Å². The van der Waals surface area contributed by atoms with E-state index in [2.05, 4.69) is 37.3 Å². The molecule has 1 rings (SSSR count).